The number of nitrogens with zero attached hydrogens (tertiary/aromatic N) is 4. The van der Waals surface area contributed by atoms with Gasteiger partial charge in [0.05, 0.1) is 29.1 Å². The van der Waals surface area contributed by atoms with Crippen LogP contribution in [-0.2, 0) is 4.74 Å². The summed E-state index contributed by atoms with van der Waals surface area (Å²) in [5.41, 5.74) is -0.323. The average Bonchev–Trinajstić information content (AvgIpc) is 3.16. The molecule has 0 radical (unpaired) electrons. The molecule has 2 rings (SSSR count). The van der Waals surface area contributed by atoms with E-state index < -0.39 is 21.8 Å². The van der Waals surface area contributed by atoms with Gasteiger partial charge in [0.15, 0.2) is 11.4 Å². The summed E-state index contributed by atoms with van der Waals surface area (Å²) in [4.78, 5) is 39.8. The van der Waals surface area contributed by atoms with Crippen molar-refractivity contribution in [2.75, 3.05) is 7.11 Å². The van der Waals surface area contributed by atoms with Crippen LogP contribution in [0.3, 0.4) is 0 Å². The molecule has 0 aromatic carbocycles. The molecule has 0 fully saturated rings. The number of hydrogen-bond donors (Lipinski definition) is 1. The number of ether oxygens (including phenoxy) is 1. The zero-order valence-electron chi connectivity index (χ0n) is 11.1. The molecular formula is C9H6N4O8S2. The minimum absolute atomic E-state index is 0.0331. The molecule has 12 nitrogen and oxygen atoms in total. The summed E-state index contributed by atoms with van der Waals surface area (Å²) in [5, 5.41) is 28.0. The Morgan fingerprint density at radius 2 is 1.52 bits per heavy atom. The molecular weight excluding hydrogens is 356 g/mol. The number of carbonyl (C=O) groups is 2. The van der Waals surface area contributed by atoms with E-state index in [2.05, 4.69) is 13.5 Å². The SMILES string of the molecule is COC(=O)c1cc([N+](=O)[O-])sn1.O=C(O)c1cc([N+](=O)[O-])sn1. The lowest BCUT2D eigenvalue weighted by atomic mass is 10.4. The van der Waals surface area contributed by atoms with Gasteiger partial charge in [-0.15, -0.1) is 0 Å². The first-order valence-electron chi connectivity index (χ1n) is 5.30. The third kappa shape index (κ3) is 5.04. The Labute approximate surface area is 134 Å². The molecule has 0 bridgehead atoms. The lowest BCUT2D eigenvalue weighted by molar-refractivity contribution is -0.380. The minimum atomic E-state index is -1.26. The van der Waals surface area contributed by atoms with Crippen LogP contribution >= 0.6 is 23.1 Å². The average molecular weight is 362 g/mol. The van der Waals surface area contributed by atoms with Crippen LogP contribution in [0.25, 0.3) is 0 Å². The summed E-state index contributed by atoms with van der Waals surface area (Å²) >= 11 is 1.21. The summed E-state index contributed by atoms with van der Waals surface area (Å²) in [6, 6.07) is 2.00. The fourth-order valence-corrected chi connectivity index (χ4v) is 2.11. The van der Waals surface area contributed by atoms with Gasteiger partial charge in [-0.05, 0) is 0 Å². The maximum absolute atomic E-state index is 10.7. The summed E-state index contributed by atoms with van der Waals surface area (Å²) in [6.07, 6.45) is 0. The lowest BCUT2D eigenvalue weighted by Gasteiger charge is -1.88. The summed E-state index contributed by atoms with van der Waals surface area (Å²) in [6.45, 7) is 0. The van der Waals surface area contributed by atoms with Gasteiger partial charge < -0.3 is 9.84 Å². The van der Waals surface area contributed by atoms with Crippen molar-refractivity contribution in [1.29, 1.82) is 0 Å². The summed E-state index contributed by atoms with van der Waals surface area (Å²) < 4.78 is 11.2. The monoisotopic (exact) mass is 362 g/mol. The highest BCUT2D eigenvalue weighted by Crippen LogP contribution is 2.19. The number of carboxylic acid groups (broad SMARTS) is 1. The van der Waals surface area contributed by atoms with Gasteiger partial charge in [-0.25, -0.2) is 9.59 Å². The number of aromatic nitrogens is 2. The van der Waals surface area contributed by atoms with Crippen LogP contribution in [0.4, 0.5) is 10.0 Å². The normalized spacial score (nSPS) is 9.43. The van der Waals surface area contributed by atoms with Crippen LogP contribution in [0.2, 0.25) is 0 Å². The quantitative estimate of drug-likeness (QED) is 0.477. The van der Waals surface area contributed by atoms with Gasteiger partial charge in [0, 0.05) is 23.1 Å². The van der Waals surface area contributed by atoms with Crippen molar-refractivity contribution in [3.63, 3.8) is 0 Å². The highest BCUT2D eigenvalue weighted by Gasteiger charge is 2.17. The van der Waals surface area contributed by atoms with Gasteiger partial charge in [-0.3, -0.25) is 20.2 Å². The highest BCUT2D eigenvalue weighted by atomic mass is 32.1. The second-order valence-corrected chi connectivity index (χ2v) is 4.98. The molecule has 0 aliphatic heterocycles. The number of rotatable bonds is 4. The van der Waals surface area contributed by atoms with E-state index >= 15 is 0 Å². The van der Waals surface area contributed by atoms with Gasteiger partial charge in [0.25, 0.3) is 0 Å². The van der Waals surface area contributed by atoms with E-state index in [1.807, 2.05) is 0 Å². The smallest absolute Gasteiger partial charge is 0.358 e. The van der Waals surface area contributed by atoms with E-state index in [0.29, 0.717) is 23.1 Å². The van der Waals surface area contributed by atoms with Gasteiger partial charge in [-0.1, -0.05) is 0 Å². The fourth-order valence-electron chi connectivity index (χ4n) is 1.00. The molecule has 23 heavy (non-hydrogen) atoms. The number of carboxylic acids is 1. The highest BCUT2D eigenvalue weighted by molar-refractivity contribution is 7.09. The molecule has 1 N–H and O–H groups in total. The van der Waals surface area contributed by atoms with Crippen molar-refractivity contribution >= 4 is 45.0 Å². The Morgan fingerprint density at radius 1 is 1.09 bits per heavy atom. The van der Waals surface area contributed by atoms with Crippen LogP contribution in [0.15, 0.2) is 12.1 Å². The molecule has 2 aromatic heterocycles. The molecule has 0 aliphatic rings. The zero-order chi connectivity index (χ0) is 17.6. The Hall–Kier alpha value is -3.00. The molecule has 122 valence electrons. The van der Waals surface area contributed by atoms with E-state index in [0.717, 1.165) is 12.1 Å². The standard InChI is InChI=1S/C5H4N2O4S.C4H2N2O4S/c1-11-5(8)3-2-4(7(9)10)12-6-3;7-4(8)2-1-3(6(9)10)11-5-2/h2H,1H3;1H,(H,7,8). The van der Waals surface area contributed by atoms with Crippen molar-refractivity contribution in [2.24, 2.45) is 0 Å². The molecule has 0 spiro atoms. The van der Waals surface area contributed by atoms with Crippen LogP contribution in [-0.4, -0.2) is 42.7 Å². The Bertz CT molecular complexity index is 726. The van der Waals surface area contributed by atoms with Crippen molar-refractivity contribution in [1.82, 2.24) is 8.75 Å². The van der Waals surface area contributed by atoms with E-state index in [4.69, 9.17) is 5.11 Å². The minimum Gasteiger partial charge on any atom is -0.476 e. The van der Waals surface area contributed by atoms with E-state index in [-0.39, 0.29) is 21.4 Å². The molecule has 0 aliphatic carbocycles. The molecule has 2 heterocycles. The fraction of sp³-hybridized carbons (Fsp3) is 0.111. The van der Waals surface area contributed by atoms with E-state index in [1.54, 1.807) is 0 Å². The van der Waals surface area contributed by atoms with Crippen LogP contribution in [0.1, 0.15) is 21.0 Å². The topological polar surface area (TPSA) is 176 Å². The number of aromatic carboxylic acids is 1. The summed E-state index contributed by atoms with van der Waals surface area (Å²) in [5.74, 6) is -1.92. The molecule has 14 heteroatoms. The summed E-state index contributed by atoms with van der Waals surface area (Å²) in [7, 11) is 1.19. The Balaban J connectivity index is 0.000000231. The molecule has 2 aromatic rings. The van der Waals surface area contributed by atoms with Gasteiger partial charge in [0.1, 0.15) is 0 Å². The third-order valence-electron chi connectivity index (χ3n) is 1.97. The number of methoxy groups -OCH3 is 1. The van der Waals surface area contributed by atoms with Crippen molar-refractivity contribution < 1.29 is 29.3 Å². The zero-order valence-corrected chi connectivity index (χ0v) is 12.7. The second kappa shape index (κ2) is 7.85. The molecule has 0 saturated carbocycles. The number of nitro groups is 2. The van der Waals surface area contributed by atoms with Crippen LogP contribution < -0.4 is 0 Å². The molecule has 0 unspecified atom stereocenters. The van der Waals surface area contributed by atoms with E-state index in [1.165, 1.54) is 7.11 Å². The van der Waals surface area contributed by atoms with Gasteiger partial charge in [0.2, 0.25) is 0 Å². The van der Waals surface area contributed by atoms with E-state index in [9.17, 15) is 29.8 Å². The first-order chi connectivity index (χ1) is 10.8. The Morgan fingerprint density at radius 3 is 1.83 bits per heavy atom. The predicted molar refractivity (Wildman–Crippen MR) is 75.8 cm³/mol. The Kier molecular flexibility index (Phi) is 6.16. The number of carbonyl (C=O) groups excluding carboxylic acids is 1. The maximum Gasteiger partial charge on any atom is 0.358 e. The predicted octanol–water partition coefficient (Wildman–Crippen LogP) is 1.59. The lowest BCUT2D eigenvalue weighted by Crippen LogP contribution is -2.00. The van der Waals surface area contributed by atoms with Crippen molar-refractivity contribution in [2.45, 2.75) is 0 Å². The molecule has 0 atom stereocenters. The van der Waals surface area contributed by atoms with Crippen molar-refractivity contribution in [3.8, 4) is 0 Å². The maximum atomic E-state index is 10.7. The second-order valence-electron chi connectivity index (χ2n) is 3.41. The van der Waals surface area contributed by atoms with Crippen LogP contribution in [0, 0.1) is 20.2 Å². The first-order valence-corrected chi connectivity index (χ1v) is 6.84. The number of hydrogen-bond acceptors (Lipinski definition) is 11. The van der Waals surface area contributed by atoms with Gasteiger partial charge >= 0.3 is 21.9 Å². The number of esters is 1. The third-order valence-corrected chi connectivity index (χ3v) is 3.45. The van der Waals surface area contributed by atoms with Crippen molar-refractivity contribution in [3.05, 3.63) is 43.7 Å². The van der Waals surface area contributed by atoms with Crippen LogP contribution in [0.5, 0.6) is 0 Å². The molecule has 0 amide bonds. The van der Waals surface area contributed by atoms with Gasteiger partial charge in [-0.2, -0.15) is 8.75 Å². The molecule has 0 saturated heterocycles. The largest absolute Gasteiger partial charge is 0.476 e. The first kappa shape index (κ1) is 18.1.